The van der Waals surface area contributed by atoms with Gasteiger partial charge in [-0.25, -0.2) is 4.79 Å². The van der Waals surface area contributed by atoms with Crippen LogP contribution in [0.25, 0.3) is 0 Å². The molecule has 0 bridgehead atoms. The van der Waals surface area contributed by atoms with Gasteiger partial charge in [-0.15, -0.1) is 10.2 Å². The van der Waals surface area contributed by atoms with Crippen molar-refractivity contribution in [1.29, 1.82) is 0 Å². The van der Waals surface area contributed by atoms with Crippen molar-refractivity contribution in [2.75, 3.05) is 31.7 Å². The Bertz CT molecular complexity index is 475. The molecule has 1 saturated heterocycles. The summed E-state index contributed by atoms with van der Waals surface area (Å²) in [6.07, 6.45) is -0.263. The first kappa shape index (κ1) is 14.7. The number of hydrogen-bond acceptors (Lipinski definition) is 7. The third-order valence-electron chi connectivity index (χ3n) is 3.05. The molecule has 0 amide bonds. The lowest BCUT2D eigenvalue weighted by atomic mass is 10.1. The Balaban J connectivity index is 2.16. The van der Waals surface area contributed by atoms with Crippen molar-refractivity contribution in [1.82, 2.24) is 10.2 Å². The van der Waals surface area contributed by atoms with E-state index in [0.717, 1.165) is 0 Å². The highest BCUT2D eigenvalue weighted by Gasteiger charge is 2.33. The second kappa shape index (κ2) is 5.72. The number of nitrogens with zero attached hydrogens (tertiary/aromatic N) is 3. The summed E-state index contributed by atoms with van der Waals surface area (Å²) in [4.78, 5) is 13.3. The third kappa shape index (κ3) is 3.23. The van der Waals surface area contributed by atoms with Crippen LogP contribution in [0.15, 0.2) is 12.1 Å². The molecule has 0 radical (unpaired) electrons. The van der Waals surface area contributed by atoms with Crippen molar-refractivity contribution in [3.8, 4) is 0 Å². The van der Waals surface area contributed by atoms with Crippen LogP contribution >= 0.6 is 0 Å². The average molecular weight is 281 g/mol. The van der Waals surface area contributed by atoms with E-state index in [0.29, 0.717) is 18.9 Å². The van der Waals surface area contributed by atoms with Gasteiger partial charge in [0.2, 0.25) is 0 Å². The number of morpholine rings is 1. The van der Waals surface area contributed by atoms with Crippen LogP contribution in [-0.4, -0.2) is 59.8 Å². The first-order valence-corrected chi connectivity index (χ1v) is 6.41. The van der Waals surface area contributed by atoms with Crippen molar-refractivity contribution in [2.24, 2.45) is 0 Å². The molecule has 1 fully saturated rings. The van der Waals surface area contributed by atoms with Gasteiger partial charge >= 0.3 is 5.97 Å². The summed E-state index contributed by atoms with van der Waals surface area (Å²) < 4.78 is 10.3. The summed E-state index contributed by atoms with van der Waals surface area (Å²) >= 11 is 0. The summed E-state index contributed by atoms with van der Waals surface area (Å²) in [6, 6.07) is 3.29. The minimum atomic E-state index is -0.514. The third-order valence-corrected chi connectivity index (χ3v) is 3.05. The molecule has 0 aromatic carbocycles. The zero-order valence-electron chi connectivity index (χ0n) is 11.9. The van der Waals surface area contributed by atoms with E-state index in [4.69, 9.17) is 4.74 Å². The maximum atomic E-state index is 11.3. The number of carbonyl (C=O) groups is 1. The number of carbonyl (C=O) groups excluding carboxylic acids is 1. The molecule has 20 heavy (non-hydrogen) atoms. The van der Waals surface area contributed by atoms with E-state index in [1.54, 1.807) is 12.1 Å². The first-order chi connectivity index (χ1) is 9.45. The van der Waals surface area contributed by atoms with Gasteiger partial charge in [0, 0.05) is 13.1 Å². The second-order valence-electron chi connectivity index (χ2n) is 5.33. The highest BCUT2D eigenvalue weighted by atomic mass is 16.5. The van der Waals surface area contributed by atoms with Crippen LogP contribution in [-0.2, 0) is 9.47 Å². The molecule has 1 N–H and O–H groups in total. The summed E-state index contributed by atoms with van der Waals surface area (Å²) in [6.45, 7) is 5.03. The predicted molar refractivity (Wildman–Crippen MR) is 71.6 cm³/mol. The fourth-order valence-corrected chi connectivity index (χ4v) is 2.27. The topological polar surface area (TPSA) is 84.8 Å². The number of esters is 1. The summed E-state index contributed by atoms with van der Waals surface area (Å²) in [7, 11) is 1.30. The van der Waals surface area contributed by atoms with Crippen LogP contribution < -0.4 is 4.90 Å². The smallest absolute Gasteiger partial charge is 0.358 e. The lowest BCUT2D eigenvalue weighted by Crippen LogP contribution is -2.54. The number of aliphatic hydroxyl groups is 1. The number of aliphatic hydroxyl groups excluding tert-OH is 1. The monoisotopic (exact) mass is 281 g/mol. The Kier molecular flexibility index (Phi) is 4.20. The normalized spacial score (nSPS) is 21.6. The maximum absolute atomic E-state index is 11.3. The van der Waals surface area contributed by atoms with Crippen molar-refractivity contribution in [3.05, 3.63) is 17.8 Å². The molecule has 2 heterocycles. The van der Waals surface area contributed by atoms with Crippen LogP contribution in [0.5, 0.6) is 0 Å². The summed E-state index contributed by atoms with van der Waals surface area (Å²) in [5.74, 6) is 0.132. The van der Waals surface area contributed by atoms with Crippen LogP contribution in [0.1, 0.15) is 24.3 Å². The molecule has 110 valence electrons. The summed E-state index contributed by atoms with van der Waals surface area (Å²) in [5, 5.41) is 17.2. The number of hydrogen-bond donors (Lipinski definition) is 1. The fraction of sp³-hybridized carbons (Fsp3) is 0.615. The van der Waals surface area contributed by atoms with E-state index in [2.05, 4.69) is 14.9 Å². The lowest BCUT2D eigenvalue weighted by Gasteiger charge is -2.42. The van der Waals surface area contributed by atoms with Gasteiger partial charge in [0.05, 0.1) is 25.4 Å². The standard InChI is InChI=1S/C13H19N3O4/c1-13(2)8-16(6-9(7-17)20-13)11-5-4-10(14-15-11)12(18)19-3/h4-5,9,17H,6-8H2,1-3H3. The molecular weight excluding hydrogens is 262 g/mol. The van der Waals surface area contributed by atoms with Gasteiger partial charge in [0.15, 0.2) is 11.5 Å². The molecular formula is C13H19N3O4. The number of ether oxygens (including phenoxy) is 2. The van der Waals surface area contributed by atoms with Crippen LogP contribution in [0.3, 0.4) is 0 Å². The van der Waals surface area contributed by atoms with Crippen LogP contribution in [0.2, 0.25) is 0 Å². The Morgan fingerprint density at radius 2 is 2.30 bits per heavy atom. The molecule has 7 heteroatoms. The van der Waals surface area contributed by atoms with E-state index >= 15 is 0 Å². The van der Waals surface area contributed by atoms with Gasteiger partial charge in [-0.2, -0.15) is 0 Å². The predicted octanol–water partition coefficient (Wildman–Crippen LogP) is 0.239. The molecule has 7 nitrogen and oxygen atoms in total. The van der Waals surface area contributed by atoms with Gasteiger partial charge in [0.25, 0.3) is 0 Å². The molecule has 0 saturated carbocycles. The molecule has 1 aliphatic rings. The van der Waals surface area contributed by atoms with E-state index in [1.807, 2.05) is 18.7 Å². The van der Waals surface area contributed by atoms with Crippen molar-refractivity contribution < 1.29 is 19.4 Å². The Morgan fingerprint density at radius 1 is 1.55 bits per heavy atom. The van der Waals surface area contributed by atoms with Crippen LogP contribution in [0.4, 0.5) is 5.82 Å². The fourth-order valence-electron chi connectivity index (χ4n) is 2.27. The zero-order chi connectivity index (χ0) is 14.8. The van der Waals surface area contributed by atoms with Crippen molar-refractivity contribution >= 4 is 11.8 Å². The highest BCUT2D eigenvalue weighted by Crippen LogP contribution is 2.24. The molecule has 0 aliphatic carbocycles. The molecule has 1 aromatic rings. The number of anilines is 1. The zero-order valence-corrected chi connectivity index (χ0v) is 11.9. The molecule has 1 atom stereocenters. The van der Waals surface area contributed by atoms with E-state index in [9.17, 15) is 9.90 Å². The SMILES string of the molecule is COC(=O)c1ccc(N2CC(CO)OC(C)(C)C2)nn1. The quantitative estimate of drug-likeness (QED) is 0.794. The molecule has 1 unspecified atom stereocenters. The largest absolute Gasteiger partial charge is 0.464 e. The molecule has 1 aliphatic heterocycles. The molecule has 2 rings (SSSR count). The van der Waals surface area contributed by atoms with Crippen LogP contribution in [0, 0.1) is 0 Å². The molecule has 1 aromatic heterocycles. The van der Waals surface area contributed by atoms with E-state index in [1.165, 1.54) is 7.11 Å². The number of methoxy groups -OCH3 is 1. The Hall–Kier alpha value is -1.73. The van der Waals surface area contributed by atoms with Gasteiger partial charge in [-0.3, -0.25) is 0 Å². The van der Waals surface area contributed by atoms with E-state index < -0.39 is 5.97 Å². The summed E-state index contributed by atoms with van der Waals surface area (Å²) in [5.41, 5.74) is -0.212. The van der Waals surface area contributed by atoms with Gasteiger partial charge in [-0.1, -0.05) is 0 Å². The number of aromatic nitrogens is 2. The van der Waals surface area contributed by atoms with Crippen molar-refractivity contribution in [3.63, 3.8) is 0 Å². The number of rotatable bonds is 3. The Labute approximate surface area is 117 Å². The van der Waals surface area contributed by atoms with Crippen molar-refractivity contribution in [2.45, 2.75) is 25.6 Å². The van der Waals surface area contributed by atoms with E-state index in [-0.39, 0.29) is 24.0 Å². The second-order valence-corrected chi connectivity index (χ2v) is 5.33. The minimum absolute atomic E-state index is 0.0480. The maximum Gasteiger partial charge on any atom is 0.358 e. The minimum Gasteiger partial charge on any atom is -0.464 e. The van der Waals surface area contributed by atoms with Gasteiger partial charge in [0.1, 0.15) is 0 Å². The Morgan fingerprint density at radius 3 is 2.85 bits per heavy atom. The van der Waals surface area contributed by atoms with Gasteiger partial charge < -0.3 is 19.5 Å². The lowest BCUT2D eigenvalue weighted by molar-refractivity contribution is -0.101. The average Bonchev–Trinajstić information content (AvgIpc) is 2.44. The highest BCUT2D eigenvalue weighted by molar-refractivity contribution is 5.86. The van der Waals surface area contributed by atoms with Gasteiger partial charge in [-0.05, 0) is 26.0 Å². The first-order valence-electron chi connectivity index (χ1n) is 6.41. The molecule has 0 spiro atoms.